The topological polar surface area (TPSA) is 41.5 Å². The smallest absolute Gasteiger partial charge is 0.0945 e. The number of nitrogens with one attached hydrogen (secondary N) is 1. The quantitative estimate of drug-likeness (QED) is 0.824. The predicted octanol–water partition coefficient (Wildman–Crippen LogP) is 2.85. The van der Waals surface area contributed by atoms with Crippen molar-refractivity contribution in [1.29, 1.82) is 0 Å². The van der Waals surface area contributed by atoms with Crippen LogP contribution in [0, 0.1) is 6.92 Å². The van der Waals surface area contributed by atoms with Gasteiger partial charge in [-0.25, -0.2) is 0 Å². The molecular weight excluding hydrogens is 238 g/mol. The molecule has 0 fully saturated rings. The minimum Gasteiger partial charge on any atom is -0.389 e. The summed E-state index contributed by atoms with van der Waals surface area (Å²) in [6.45, 7) is 6.63. The summed E-state index contributed by atoms with van der Waals surface area (Å²) in [4.78, 5) is 0. The van der Waals surface area contributed by atoms with Crippen LogP contribution in [0.5, 0.6) is 0 Å². The normalized spacial score (nSPS) is 12.8. The highest BCUT2D eigenvalue weighted by Crippen LogP contribution is 2.19. The number of hydrogen-bond donors (Lipinski definition) is 2. The molecular formula is C13H20ClNO2. The van der Waals surface area contributed by atoms with Crippen LogP contribution in [-0.4, -0.2) is 30.5 Å². The maximum absolute atomic E-state index is 9.66. The summed E-state index contributed by atoms with van der Waals surface area (Å²) in [5, 5.41) is 13.5. The maximum Gasteiger partial charge on any atom is 0.0945 e. The van der Waals surface area contributed by atoms with E-state index in [1.165, 1.54) is 0 Å². The van der Waals surface area contributed by atoms with Gasteiger partial charge in [0.25, 0.3) is 0 Å². The number of benzene rings is 1. The van der Waals surface area contributed by atoms with Crippen LogP contribution in [0.1, 0.15) is 19.4 Å². The van der Waals surface area contributed by atoms with Crippen LogP contribution in [0.15, 0.2) is 18.2 Å². The molecule has 96 valence electrons. The fourth-order valence-corrected chi connectivity index (χ4v) is 1.48. The molecule has 3 nitrogen and oxygen atoms in total. The summed E-state index contributed by atoms with van der Waals surface area (Å²) >= 11 is 6.00. The Kier molecular flexibility index (Phi) is 5.75. The van der Waals surface area contributed by atoms with E-state index in [2.05, 4.69) is 5.32 Å². The minimum absolute atomic E-state index is 0.137. The molecule has 0 spiro atoms. The summed E-state index contributed by atoms with van der Waals surface area (Å²) in [7, 11) is 0. The molecule has 1 unspecified atom stereocenters. The lowest BCUT2D eigenvalue weighted by Gasteiger charge is -2.15. The summed E-state index contributed by atoms with van der Waals surface area (Å²) in [6, 6.07) is 5.74. The number of halogens is 1. The molecule has 0 radical (unpaired) electrons. The van der Waals surface area contributed by atoms with Gasteiger partial charge in [0.2, 0.25) is 0 Å². The van der Waals surface area contributed by atoms with Gasteiger partial charge in [0.1, 0.15) is 0 Å². The van der Waals surface area contributed by atoms with Gasteiger partial charge >= 0.3 is 0 Å². The third kappa shape index (κ3) is 5.39. The maximum atomic E-state index is 9.66. The van der Waals surface area contributed by atoms with Crippen LogP contribution in [-0.2, 0) is 4.74 Å². The second kappa shape index (κ2) is 6.84. The Morgan fingerprint density at radius 1 is 1.41 bits per heavy atom. The van der Waals surface area contributed by atoms with Gasteiger partial charge in [-0.3, -0.25) is 0 Å². The van der Waals surface area contributed by atoms with Gasteiger partial charge in [-0.15, -0.1) is 0 Å². The number of aliphatic hydroxyl groups excluding tert-OH is 1. The van der Waals surface area contributed by atoms with E-state index < -0.39 is 6.10 Å². The van der Waals surface area contributed by atoms with Gasteiger partial charge < -0.3 is 15.2 Å². The lowest BCUT2D eigenvalue weighted by atomic mass is 10.2. The van der Waals surface area contributed by atoms with Gasteiger partial charge in [0.15, 0.2) is 0 Å². The Morgan fingerprint density at radius 2 is 2.12 bits per heavy atom. The van der Waals surface area contributed by atoms with E-state index in [4.69, 9.17) is 16.3 Å². The summed E-state index contributed by atoms with van der Waals surface area (Å²) in [5.41, 5.74) is 1.95. The second-order valence-electron chi connectivity index (χ2n) is 4.38. The van der Waals surface area contributed by atoms with E-state index in [0.717, 1.165) is 16.3 Å². The highest BCUT2D eigenvalue weighted by atomic mass is 35.5. The number of rotatable bonds is 6. The first-order valence-corrected chi connectivity index (χ1v) is 6.16. The van der Waals surface area contributed by atoms with Crippen LogP contribution in [0.3, 0.4) is 0 Å². The summed E-state index contributed by atoms with van der Waals surface area (Å²) in [6.07, 6.45) is -0.379. The average molecular weight is 258 g/mol. The Balaban J connectivity index is 2.36. The molecule has 0 heterocycles. The van der Waals surface area contributed by atoms with E-state index in [1.807, 2.05) is 39.0 Å². The number of hydrogen-bond acceptors (Lipinski definition) is 3. The zero-order valence-corrected chi connectivity index (χ0v) is 11.3. The molecule has 0 amide bonds. The van der Waals surface area contributed by atoms with Crippen LogP contribution >= 0.6 is 11.6 Å². The Bertz CT molecular complexity index is 355. The van der Waals surface area contributed by atoms with E-state index >= 15 is 0 Å². The molecule has 0 saturated heterocycles. The van der Waals surface area contributed by atoms with Crippen molar-refractivity contribution in [2.24, 2.45) is 0 Å². The SMILES string of the molecule is Cc1ccc(NCC(O)COC(C)C)cc1Cl. The number of aryl methyl sites for hydroxylation is 1. The second-order valence-corrected chi connectivity index (χ2v) is 4.79. The molecule has 1 aromatic rings. The van der Waals surface area contributed by atoms with Crippen molar-refractivity contribution in [3.63, 3.8) is 0 Å². The third-order valence-electron chi connectivity index (χ3n) is 2.34. The molecule has 0 aliphatic heterocycles. The van der Waals surface area contributed by atoms with E-state index in [0.29, 0.717) is 13.2 Å². The van der Waals surface area contributed by atoms with Gasteiger partial charge in [0, 0.05) is 17.3 Å². The monoisotopic (exact) mass is 257 g/mol. The standard InChI is InChI=1S/C13H20ClNO2/c1-9(2)17-8-12(16)7-15-11-5-4-10(3)13(14)6-11/h4-6,9,12,15-16H,7-8H2,1-3H3. The predicted molar refractivity (Wildman–Crippen MR) is 71.8 cm³/mol. The van der Waals surface area contributed by atoms with Crippen LogP contribution in [0.25, 0.3) is 0 Å². The molecule has 1 aromatic carbocycles. The van der Waals surface area contributed by atoms with Crippen LogP contribution < -0.4 is 5.32 Å². The molecule has 0 aliphatic carbocycles. The van der Waals surface area contributed by atoms with E-state index in [-0.39, 0.29) is 6.10 Å². The first kappa shape index (κ1) is 14.3. The lowest BCUT2D eigenvalue weighted by Crippen LogP contribution is -2.26. The van der Waals surface area contributed by atoms with Crippen molar-refractivity contribution in [2.75, 3.05) is 18.5 Å². The number of ether oxygens (including phenoxy) is 1. The molecule has 17 heavy (non-hydrogen) atoms. The first-order chi connectivity index (χ1) is 7.99. The zero-order valence-electron chi connectivity index (χ0n) is 10.5. The van der Waals surface area contributed by atoms with Crippen molar-refractivity contribution in [1.82, 2.24) is 0 Å². The van der Waals surface area contributed by atoms with Gasteiger partial charge in [0.05, 0.1) is 18.8 Å². The molecule has 0 aromatic heterocycles. The largest absolute Gasteiger partial charge is 0.389 e. The van der Waals surface area contributed by atoms with Gasteiger partial charge in [-0.2, -0.15) is 0 Å². The molecule has 0 aliphatic rings. The zero-order chi connectivity index (χ0) is 12.8. The Morgan fingerprint density at radius 3 is 2.71 bits per heavy atom. The molecule has 0 bridgehead atoms. The van der Waals surface area contributed by atoms with Crippen molar-refractivity contribution in [3.05, 3.63) is 28.8 Å². The highest BCUT2D eigenvalue weighted by molar-refractivity contribution is 6.31. The average Bonchev–Trinajstić information content (AvgIpc) is 2.28. The molecule has 1 atom stereocenters. The highest BCUT2D eigenvalue weighted by Gasteiger charge is 2.06. The van der Waals surface area contributed by atoms with Crippen molar-refractivity contribution >= 4 is 17.3 Å². The molecule has 0 saturated carbocycles. The molecule has 1 rings (SSSR count). The van der Waals surface area contributed by atoms with Crippen molar-refractivity contribution in [3.8, 4) is 0 Å². The van der Waals surface area contributed by atoms with Crippen molar-refractivity contribution < 1.29 is 9.84 Å². The lowest BCUT2D eigenvalue weighted by molar-refractivity contribution is 0.0112. The number of aliphatic hydroxyl groups is 1. The molecule has 2 N–H and O–H groups in total. The van der Waals surface area contributed by atoms with Crippen molar-refractivity contribution in [2.45, 2.75) is 33.0 Å². The number of anilines is 1. The van der Waals surface area contributed by atoms with E-state index in [9.17, 15) is 5.11 Å². The van der Waals surface area contributed by atoms with Gasteiger partial charge in [-0.1, -0.05) is 17.7 Å². The summed E-state index contributed by atoms with van der Waals surface area (Å²) < 4.78 is 5.32. The Labute approximate surface area is 108 Å². The fraction of sp³-hybridized carbons (Fsp3) is 0.538. The van der Waals surface area contributed by atoms with Gasteiger partial charge in [-0.05, 0) is 38.5 Å². The van der Waals surface area contributed by atoms with Crippen LogP contribution in [0.4, 0.5) is 5.69 Å². The first-order valence-electron chi connectivity index (χ1n) is 5.78. The molecule has 4 heteroatoms. The van der Waals surface area contributed by atoms with E-state index in [1.54, 1.807) is 0 Å². The Hall–Kier alpha value is -0.770. The minimum atomic E-state index is -0.516. The van der Waals surface area contributed by atoms with Crippen LogP contribution in [0.2, 0.25) is 5.02 Å². The fourth-order valence-electron chi connectivity index (χ4n) is 1.30. The summed E-state index contributed by atoms with van der Waals surface area (Å²) in [5.74, 6) is 0. The third-order valence-corrected chi connectivity index (χ3v) is 2.74.